The fourth-order valence-corrected chi connectivity index (χ4v) is 2.09. The van der Waals surface area contributed by atoms with Gasteiger partial charge in [-0.25, -0.2) is 0 Å². The lowest BCUT2D eigenvalue weighted by Gasteiger charge is -2.19. The Morgan fingerprint density at radius 3 is 2.55 bits per heavy atom. The van der Waals surface area contributed by atoms with Gasteiger partial charge < -0.3 is 4.90 Å². The Morgan fingerprint density at radius 1 is 1.18 bits per heavy atom. The highest BCUT2D eigenvalue weighted by atomic mass is 16.2. The smallest absolute Gasteiger partial charge is 0.223 e. The molecule has 0 spiro atoms. The third kappa shape index (κ3) is 7.02. The first-order chi connectivity index (χ1) is 10.7. The number of benzene rings is 1. The number of carbonyl (C=O) groups is 2. The average Bonchev–Trinajstić information content (AvgIpc) is 2.52. The zero-order valence-corrected chi connectivity index (χ0v) is 13.3. The first-order valence-corrected chi connectivity index (χ1v) is 7.79. The van der Waals surface area contributed by atoms with E-state index < -0.39 is 0 Å². The van der Waals surface area contributed by atoms with E-state index in [9.17, 15) is 9.59 Å². The summed E-state index contributed by atoms with van der Waals surface area (Å²) in [6.07, 6.45) is 7.87. The second kappa shape index (κ2) is 10.6. The number of hydrogen-bond donors (Lipinski definition) is 0. The molecule has 3 nitrogen and oxygen atoms in total. The van der Waals surface area contributed by atoms with Crippen molar-refractivity contribution in [3.63, 3.8) is 0 Å². The second-order valence-electron chi connectivity index (χ2n) is 5.22. The highest BCUT2D eigenvalue weighted by Crippen LogP contribution is 2.03. The first-order valence-electron chi connectivity index (χ1n) is 7.79. The Kier molecular flexibility index (Phi) is 8.58. The maximum atomic E-state index is 12.0. The predicted molar refractivity (Wildman–Crippen MR) is 90.6 cm³/mol. The van der Waals surface area contributed by atoms with Crippen molar-refractivity contribution in [2.24, 2.45) is 0 Å². The molecule has 1 aromatic carbocycles. The molecule has 0 aliphatic carbocycles. The summed E-state index contributed by atoms with van der Waals surface area (Å²) in [6.45, 7) is 6.71. The summed E-state index contributed by atoms with van der Waals surface area (Å²) in [4.78, 5) is 25.6. The Bertz CT molecular complexity index is 505. The molecule has 0 unspecified atom stereocenters. The van der Waals surface area contributed by atoms with E-state index in [1.807, 2.05) is 30.3 Å². The quantitative estimate of drug-likeness (QED) is 0.489. The zero-order valence-electron chi connectivity index (χ0n) is 13.3. The van der Waals surface area contributed by atoms with Crippen molar-refractivity contribution in [3.05, 3.63) is 60.7 Å². The Morgan fingerprint density at radius 2 is 1.91 bits per heavy atom. The molecule has 0 heterocycles. The standard InChI is InChI=1S/C19H25NO2/c1-3-5-13-19(22)20(14-4-2)15-9-12-18(21)16-17-10-7-6-8-11-17/h4,6-12H,2-3,5,13-16H2,1H3/b12-9+. The molecule has 0 saturated carbocycles. The van der Waals surface area contributed by atoms with Crippen LogP contribution in [0.15, 0.2) is 55.1 Å². The lowest BCUT2D eigenvalue weighted by molar-refractivity contribution is -0.130. The molecule has 0 bridgehead atoms. The number of rotatable bonds is 10. The molecule has 0 fully saturated rings. The maximum absolute atomic E-state index is 12.0. The summed E-state index contributed by atoms with van der Waals surface area (Å²) in [7, 11) is 0. The van der Waals surface area contributed by atoms with E-state index in [1.165, 1.54) is 0 Å². The second-order valence-corrected chi connectivity index (χ2v) is 5.22. The van der Waals surface area contributed by atoms with E-state index >= 15 is 0 Å². The molecule has 22 heavy (non-hydrogen) atoms. The number of unbranched alkanes of at least 4 members (excludes halogenated alkanes) is 1. The number of allylic oxidation sites excluding steroid dienone is 1. The van der Waals surface area contributed by atoms with Crippen LogP contribution >= 0.6 is 0 Å². The van der Waals surface area contributed by atoms with Gasteiger partial charge in [-0.05, 0) is 18.1 Å². The van der Waals surface area contributed by atoms with Crippen LogP contribution in [0, 0.1) is 0 Å². The third-order valence-electron chi connectivity index (χ3n) is 3.30. The summed E-state index contributed by atoms with van der Waals surface area (Å²) in [6, 6.07) is 9.64. The molecule has 1 amide bonds. The summed E-state index contributed by atoms with van der Waals surface area (Å²) in [5.41, 5.74) is 0.999. The normalized spacial score (nSPS) is 10.6. The van der Waals surface area contributed by atoms with Crippen LogP contribution in [-0.2, 0) is 16.0 Å². The van der Waals surface area contributed by atoms with Crippen LogP contribution < -0.4 is 0 Å². The lowest BCUT2D eigenvalue weighted by Crippen LogP contribution is -2.31. The monoisotopic (exact) mass is 299 g/mol. The molecule has 0 saturated heterocycles. The van der Waals surface area contributed by atoms with Gasteiger partial charge >= 0.3 is 0 Å². The first kappa shape index (κ1) is 17.9. The largest absolute Gasteiger partial charge is 0.335 e. The van der Waals surface area contributed by atoms with Crippen molar-refractivity contribution >= 4 is 11.7 Å². The van der Waals surface area contributed by atoms with E-state index in [4.69, 9.17) is 0 Å². The molecule has 0 aliphatic rings. The maximum Gasteiger partial charge on any atom is 0.223 e. The molecule has 1 aromatic rings. The van der Waals surface area contributed by atoms with E-state index in [0.29, 0.717) is 25.9 Å². The summed E-state index contributed by atoms with van der Waals surface area (Å²) >= 11 is 0. The van der Waals surface area contributed by atoms with Crippen LogP contribution in [0.5, 0.6) is 0 Å². The molecule has 0 atom stereocenters. The van der Waals surface area contributed by atoms with E-state index in [0.717, 1.165) is 18.4 Å². The van der Waals surface area contributed by atoms with Crippen LogP contribution in [-0.4, -0.2) is 29.7 Å². The van der Waals surface area contributed by atoms with Crippen LogP contribution in [0.25, 0.3) is 0 Å². The molecule has 118 valence electrons. The molecule has 0 radical (unpaired) electrons. The van der Waals surface area contributed by atoms with Crippen molar-refractivity contribution in [1.82, 2.24) is 4.90 Å². The van der Waals surface area contributed by atoms with Gasteiger partial charge in [0.15, 0.2) is 5.78 Å². The van der Waals surface area contributed by atoms with Crippen molar-refractivity contribution in [2.75, 3.05) is 13.1 Å². The number of carbonyl (C=O) groups excluding carboxylic acids is 2. The summed E-state index contributed by atoms with van der Waals surface area (Å²) < 4.78 is 0. The number of hydrogen-bond acceptors (Lipinski definition) is 2. The van der Waals surface area contributed by atoms with E-state index in [-0.39, 0.29) is 11.7 Å². The van der Waals surface area contributed by atoms with Gasteiger partial charge in [0.25, 0.3) is 0 Å². The van der Waals surface area contributed by atoms with Crippen molar-refractivity contribution in [1.29, 1.82) is 0 Å². The van der Waals surface area contributed by atoms with Gasteiger partial charge in [0.2, 0.25) is 5.91 Å². The SMILES string of the molecule is C=CCN(C/C=C/C(=O)Cc1ccccc1)C(=O)CCCC. The molecule has 3 heteroatoms. The average molecular weight is 299 g/mol. The minimum absolute atomic E-state index is 0.0470. The highest BCUT2D eigenvalue weighted by Gasteiger charge is 2.09. The zero-order chi connectivity index (χ0) is 16.2. The molecule has 0 aromatic heterocycles. The lowest BCUT2D eigenvalue weighted by atomic mass is 10.1. The number of amides is 1. The fourth-order valence-electron chi connectivity index (χ4n) is 2.09. The number of ketones is 1. The van der Waals surface area contributed by atoms with Gasteiger partial charge in [-0.1, -0.05) is 55.8 Å². The van der Waals surface area contributed by atoms with E-state index in [2.05, 4.69) is 13.5 Å². The van der Waals surface area contributed by atoms with Crippen LogP contribution in [0.2, 0.25) is 0 Å². The Balaban J connectivity index is 2.47. The summed E-state index contributed by atoms with van der Waals surface area (Å²) in [5.74, 6) is 0.160. The van der Waals surface area contributed by atoms with Gasteiger partial charge in [-0.3, -0.25) is 9.59 Å². The van der Waals surface area contributed by atoms with Gasteiger partial charge in [0.05, 0.1) is 0 Å². The topological polar surface area (TPSA) is 37.4 Å². The minimum atomic E-state index is 0.0470. The van der Waals surface area contributed by atoms with Gasteiger partial charge in [-0.15, -0.1) is 6.58 Å². The van der Waals surface area contributed by atoms with Crippen molar-refractivity contribution in [3.8, 4) is 0 Å². The van der Waals surface area contributed by atoms with Crippen LogP contribution in [0.1, 0.15) is 31.7 Å². The number of nitrogens with zero attached hydrogens (tertiary/aromatic N) is 1. The van der Waals surface area contributed by atoms with Crippen molar-refractivity contribution in [2.45, 2.75) is 32.6 Å². The molecule has 0 N–H and O–H groups in total. The summed E-state index contributed by atoms with van der Waals surface area (Å²) in [5, 5.41) is 0. The third-order valence-corrected chi connectivity index (χ3v) is 3.30. The van der Waals surface area contributed by atoms with Gasteiger partial charge in [-0.2, -0.15) is 0 Å². The predicted octanol–water partition coefficient (Wildman–Crippen LogP) is 3.56. The molecular formula is C19H25NO2. The van der Waals surface area contributed by atoms with Gasteiger partial charge in [0, 0.05) is 25.9 Å². The van der Waals surface area contributed by atoms with E-state index in [1.54, 1.807) is 23.1 Å². The molecule has 1 rings (SSSR count). The minimum Gasteiger partial charge on any atom is -0.335 e. The Hall–Kier alpha value is -2.16. The fraction of sp³-hybridized carbons (Fsp3) is 0.368. The van der Waals surface area contributed by atoms with Crippen molar-refractivity contribution < 1.29 is 9.59 Å². The van der Waals surface area contributed by atoms with Crippen LogP contribution in [0.4, 0.5) is 0 Å². The molecular weight excluding hydrogens is 274 g/mol. The van der Waals surface area contributed by atoms with Gasteiger partial charge in [0.1, 0.15) is 0 Å². The molecule has 0 aliphatic heterocycles. The van der Waals surface area contributed by atoms with Crippen LogP contribution in [0.3, 0.4) is 0 Å². The highest BCUT2D eigenvalue weighted by molar-refractivity contribution is 5.91. The Labute approximate surface area is 133 Å².